The molecule has 9 heteroatoms. The maximum Gasteiger partial charge on any atom is 0.255 e. The van der Waals surface area contributed by atoms with Gasteiger partial charge in [0.25, 0.3) is 5.69 Å². The highest BCUT2D eigenvalue weighted by Crippen LogP contribution is 2.39. The molecule has 0 saturated carbocycles. The molecule has 0 atom stereocenters. The van der Waals surface area contributed by atoms with Gasteiger partial charge in [0.2, 0.25) is 11.5 Å². The van der Waals surface area contributed by atoms with Crippen molar-refractivity contribution in [2.24, 2.45) is 10.2 Å². The van der Waals surface area contributed by atoms with Crippen LogP contribution >= 0.6 is 0 Å². The minimum atomic E-state index is -0.254. The maximum atomic E-state index is 7.58. The van der Waals surface area contributed by atoms with Gasteiger partial charge >= 0.3 is 0 Å². The molecule has 0 aliphatic heterocycles. The van der Waals surface area contributed by atoms with E-state index in [1.807, 2.05) is 55.6 Å². The first-order valence-corrected chi connectivity index (χ1v) is 10.0. The number of benzene rings is 1. The molecule has 0 radical (unpaired) electrons. The van der Waals surface area contributed by atoms with E-state index in [0.717, 1.165) is 17.0 Å². The van der Waals surface area contributed by atoms with Crippen LogP contribution in [0.5, 0.6) is 0 Å². The topological polar surface area (TPSA) is 104 Å². The van der Waals surface area contributed by atoms with Gasteiger partial charge in [0.1, 0.15) is 0 Å². The zero-order chi connectivity index (χ0) is 22.4. The fourth-order valence-corrected chi connectivity index (χ4v) is 3.33. The molecule has 0 unspecified atom stereocenters. The van der Waals surface area contributed by atoms with E-state index in [4.69, 9.17) is 6.57 Å². The highest BCUT2D eigenvalue weighted by atomic mass is 15.4. The Bertz CT molecular complexity index is 1300. The zero-order valence-corrected chi connectivity index (χ0v) is 18.5. The van der Waals surface area contributed by atoms with Gasteiger partial charge in [-0.05, 0) is 5.41 Å². The van der Waals surface area contributed by atoms with Crippen LogP contribution in [-0.2, 0) is 10.8 Å². The van der Waals surface area contributed by atoms with Gasteiger partial charge in [-0.1, -0.05) is 71.9 Å². The van der Waals surface area contributed by atoms with Crippen LogP contribution < -0.4 is 0 Å². The molecule has 0 fully saturated rings. The summed E-state index contributed by atoms with van der Waals surface area (Å²) in [4.78, 5) is 3.64. The first kappa shape index (κ1) is 20.5. The molecule has 0 bridgehead atoms. The van der Waals surface area contributed by atoms with Gasteiger partial charge in [-0.3, -0.25) is 10.2 Å². The maximum absolute atomic E-state index is 7.58. The van der Waals surface area contributed by atoms with Crippen molar-refractivity contribution in [2.75, 3.05) is 0 Å². The van der Waals surface area contributed by atoms with E-state index in [1.165, 1.54) is 0 Å². The van der Waals surface area contributed by atoms with E-state index in [9.17, 15) is 0 Å². The normalized spacial score (nSPS) is 12.7. The Morgan fingerprint density at radius 1 is 0.935 bits per heavy atom. The molecular formula is C22H25N9. The van der Waals surface area contributed by atoms with Gasteiger partial charge in [-0.2, -0.15) is 5.10 Å². The lowest BCUT2D eigenvalue weighted by Gasteiger charge is -2.16. The number of hydrogen-bond acceptors (Lipinski definition) is 5. The molecular weight excluding hydrogens is 390 g/mol. The van der Waals surface area contributed by atoms with Crippen LogP contribution in [0.2, 0.25) is 0 Å². The van der Waals surface area contributed by atoms with Gasteiger partial charge in [0.15, 0.2) is 11.5 Å². The Kier molecular flexibility index (Phi) is 4.73. The molecule has 2 N–H and O–H groups in total. The van der Waals surface area contributed by atoms with Crippen LogP contribution in [-0.4, -0.2) is 30.0 Å². The number of nitrogens with one attached hydrogen (secondary N) is 2. The summed E-state index contributed by atoms with van der Waals surface area (Å²) in [5.41, 5.74) is 3.59. The molecule has 4 rings (SSSR count). The summed E-state index contributed by atoms with van der Waals surface area (Å²) < 4.78 is 1.82. The molecule has 0 aliphatic carbocycles. The SMILES string of the molecule is [C-]#[N+]c1c(N=Nc2c(C(C)(C)C)[nH]n3c(-c4ccccc4)nnc23)n[nH]c1C(C)(C)C. The highest BCUT2D eigenvalue weighted by Gasteiger charge is 2.27. The molecule has 3 aromatic heterocycles. The molecule has 0 saturated heterocycles. The van der Waals surface area contributed by atoms with Crippen molar-refractivity contribution in [3.63, 3.8) is 0 Å². The lowest BCUT2D eigenvalue weighted by molar-refractivity contribution is 0.563. The van der Waals surface area contributed by atoms with Crippen molar-refractivity contribution >= 4 is 22.8 Å². The van der Waals surface area contributed by atoms with E-state index in [-0.39, 0.29) is 16.6 Å². The molecule has 0 aliphatic rings. The molecule has 0 amide bonds. The van der Waals surface area contributed by atoms with Gasteiger partial charge in [0.05, 0.1) is 12.3 Å². The third-order valence-electron chi connectivity index (χ3n) is 4.95. The van der Waals surface area contributed by atoms with Gasteiger partial charge in [0, 0.05) is 16.7 Å². The molecule has 31 heavy (non-hydrogen) atoms. The van der Waals surface area contributed by atoms with E-state index in [2.05, 4.69) is 61.3 Å². The molecule has 1 aromatic carbocycles. The predicted octanol–water partition coefficient (Wildman–Crippen LogP) is 6.01. The molecule has 4 aromatic rings. The van der Waals surface area contributed by atoms with E-state index >= 15 is 0 Å². The summed E-state index contributed by atoms with van der Waals surface area (Å²) in [7, 11) is 0. The Labute approximate surface area is 180 Å². The van der Waals surface area contributed by atoms with E-state index in [0.29, 0.717) is 22.8 Å². The molecule has 0 spiro atoms. The smallest absolute Gasteiger partial charge is 0.255 e. The van der Waals surface area contributed by atoms with Crippen LogP contribution in [0.15, 0.2) is 40.6 Å². The van der Waals surface area contributed by atoms with Gasteiger partial charge in [-0.15, -0.1) is 20.4 Å². The van der Waals surface area contributed by atoms with Gasteiger partial charge < -0.3 is 0 Å². The first-order chi connectivity index (χ1) is 14.6. The minimum Gasteiger partial charge on any atom is -0.292 e. The average Bonchev–Trinajstić information content (AvgIpc) is 3.39. The van der Waals surface area contributed by atoms with Crippen LogP contribution in [0.1, 0.15) is 52.9 Å². The first-order valence-electron chi connectivity index (χ1n) is 10.0. The summed E-state index contributed by atoms with van der Waals surface area (Å²) >= 11 is 0. The van der Waals surface area contributed by atoms with Gasteiger partial charge in [-0.25, -0.2) is 9.36 Å². The monoisotopic (exact) mass is 415 g/mol. The van der Waals surface area contributed by atoms with Crippen LogP contribution in [0.4, 0.5) is 17.2 Å². The second kappa shape index (κ2) is 7.16. The van der Waals surface area contributed by atoms with Crippen molar-refractivity contribution in [3.8, 4) is 11.4 Å². The number of hydrogen-bond donors (Lipinski definition) is 2. The number of aromatic amines is 2. The number of azo groups is 1. The number of H-pyrrole nitrogens is 2. The summed E-state index contributed by atoms with van der Waals surface area (Å²) in [5, 5.41) is 28.1. The Morgan fingerprint density at radius 2 is 1.61 bits per heavy atom. The fraction of sp³-hybridized carbons (Fsp3) is 0.364. The van der Waals surface area contributed by atoms with Crippen LogP contribution in [0.25, 0.3) is 21.9 Å². The summed E-state index contributed by atoms with van der Waals surface area (Å²) in [5.74, 6) is 0.959. The summed E-state index contributed by atoms with van der Waals surface area (Å²) in [6.45, 7) is 19.9. The van der Waals surface area contributed by atoms with Crippen molar-refractivity contribution in [1.29, 1.82) is 0 Å². The third-order valence-corrected chi connectivity index (χ3v) is 4.95. The van der Waals surface area contributed by atoms with Crippen molar-refractivity contribution < 1.29 is 0 Å². The Hall–Kier alpha value is -3.80. The number of rotatable bonds is 3. The second-order valence-electron chi connectivity index (χ2n) is 9.47. The second-order valence-corrected chi connectivity index (χ2v) is 9.47. The highest BCUT2D eigenvalue weighted by molar-refractivity contribution is 5.72. The van der Waals surface area contributed by atoms with Crippen molar-refractivity contribution in [2.45, 2.75) is 52.4 Å². The number of nitrogens with zero attached hydrogens (tertiary/aromatic N) is 7. The zero-order valence-electron chi connectivity index (χ0n) is 18.5. The number of aromatic nitrogens is 6. The minimum absolute atomic E-state index is 0.242. The van der Waals surface area contributed by atoms with E-state index < -0.39 is 0 Å². The summed E-state index contributed by atoms with van der Waals surface area (Å²) in [6, 6.07) is 9.84. The van der Waals surface area contributed by atoms with Crippen molar-refractivity contribution in [1.82, 2.24) is 30.0 Å². The predicted molar refractivity (Wildman–Crippen MR) is 119 cm³/mol. The lowest BCUT2D eigenvalue weighted by Crippen LogP contribution is -2.12. The summed E-state index contributed by atoms with van der Waals surface area (Å²) in [6.07, 6.45) is 0. The fourth-order valence-electron chi connectivity index (χ4n) is 3.33. The van der Waals surface area contributed by atoms with Crippen LogP contribution in [0.3, 0.4) is 0 Å². The van der Waals surface area contributed by atoms with Crippen molar-refractivity contribution in [3.05, 3.63) is 53.1 Å². The standard InChI is InChI=1S/C22H25N9/c1-21(2,3)16-14(23-7)18(27-25-16)26-24-15-17(22(4,5)6)30-31-19(28-29-20(15)31)13-11-9-8-10-12-13/h8-12,30H,1-6H3,(H,25,27). The average molecular weight is 416 g/mol. The van der Waals surface area contributed by atoms with Crippen LogP contribution in [0, 0.1) is 6.57 Å². The molecule has 3 heterocycles. The Balaban J connectivity index is 1.86. The molecule has 158 valence electrons. The third kappa shape index (κ3) is 3.61. The largest absolute Gasteiger partial charge is 0.292 e. The number of fused-ring (bicyclic) bond motifs is 1. The lowest BCUT2D eigenvalue weighted by atomic mass is 9.91. The van der Waals surface area contributed by atoms with E-state index in [1.54, 1.807) is 0 Å². The Morgan fingerprint density at radius 3 is 2.23 bits per heavy atom. The quantitative estimate of drug-likeness (QED) is 0.316. The molecule has 9 nitrogen and oxygen atoms in total.